The van der Waals surface area contributed by atoms with Gasteiger partial charge >= 0.3 is 0 Å². The quantitative estimate of drug-likeness (QED) is 0.795. The molecule has 0 aliphatic carbocycles. The third-order valence-electron chi connectivity index (χ3n) is 3.81. The van der Waals surface area contributed by atoms with Crippen molar-refractivity contribution >= 4 is 5.78 Å². The fourth-order valence-electron chi connectivity index (χ4n) is 2.41. The Bertz CT molecular complexity index is 653. The first kappa shape index (κ1) is 14.5. The lowest BCUT2D eigenvalue weighted by atomic mass is 9.96. The van der Waals surface area contributed by atoms with Crippen LogP contribution in [0.2, 0.25) is 0 Å². The molecule has 3 heteroatoms. The lowest BCUT2D eigenvalue weighted by Crippen LogP contribution is -2.12. The standard InChI is InChI=1S/C17H22N2O/c1-6-14-10-16(19(7-2)18-14)17(20)15-9-12(4)11(3)8-13(15)5/h8-10H,6-7H2,1-5H3. The van der Waals surface area contributed by atoms with Gasteiger partial charge in [-0.1, -0.05) is 13.0 Å². The van der Waals surface area contributed by atoms with E-state index in [0.29, 0.717) is 12.2 Å². The highest BCUT2D eigenvalue weighted by molar-refractivity contribution is 6.09. The van der Waals surface area contributed by atoms with Gasteiger partial charge in [0.1, 0.15) is 5.69 Å². The minimum atomic E-state index is 0.0691. The highest BCUT2D eigenvalue weighted by atomic mass is 16.1. The van der Waals surface area contributed by atoms with Crippen molar-refractivity contribution < 1.29 is 4.79 Å². The molecule has 106 valence electrons. The summed E-state index contributed by atoms with van der Waals surface area (Å²) in [6, 6.07) is 5.99. The summed E-state index contributed by atoms with van der Waals surface area (Å²) in [5.41, 5.74) is 5.84. The Morgan fingerprint density at radius 1 is 1.05 bits per heavy atom. The summed E-state index contributed by atoms with van der Waals surface area (Å²) >= 11 is 0. The monoisotopic (exact) mass is 270 g/mol. The van der Waals surface area contributed by atoms with Gasteiger partial charge in [0.25, 0.3) is 0 Å². The molecule has 2 aromatic rings. The van der Waals surface area contributed by atoms with Crippen LogP contribution in [0, 0.1) is 20.8 Å². The first-order valence-electron chi connectivity index (χ1n) is 7.17. The first-order chi connectivity index (χ1) is 9.47. The number of benzene rings is 1. The van der Waals surface area contributed by atoms with E-state index >= 15 is 0 Å². The zero-order valence-corrected chi connectivity index (χ0v) is 12.9. The van der Waals surface area contributed by atoms with Crippen LogP contribution in [-0.4, -0.2) is 15.6 Å². The van der Waals surface area contributed by atoms with Crippen LogP contribution in [-0.2, 0) is 13.0 Å². The van der Waals surface area contributed by atoms with Gasteiger partial charge in [-0.05, 0) is 62.9 Å². The van der Waals surface area contributed by atoms with E-state index in [1.54, 1.807) is 4.68 Å². The van der Waals surface area contributed by atoms with Crippen molar-refractivity contribution in [1.29, 1.82) is 0 Å². The molecule has 0 saturated heterocycles. The summed E-state index contributed by atoms with van der Waals surface area (Å²) in [7, 11) is 0. The number of hydrogen-bond donors (Lipinski definition) is 0. The Kier molecular flexibility index (Phi) is 4.07. The SMILES string of the molecule is CCc1cc(C(=O)c2cc(C)c(C)cc2C)n(CC)n1. The molecule has 0 N–H and O–H groups in total. The van der Waals surface area contributed by atoms with Crippen molar-refractivity contribution in [3.8, 4) is 0 Å². The van der Waals surface area contributed by atoms with E-state index in [1.165, 1.54) is 5.56 Å². The first-order valence-corrected chi connectivity index (χ1v) is 7.17. The Balaban J connectivity index is 2.51. The molecule has 1 heterocycles. The summed E-state index contributed by atoms with van der Waals surface area (Å²) in [5.74, 6) is 0.0691. The maximum absolute atomic E-state index is 12.8. The fraction of sp³-hybridized carbons (Fsp3) is 0.412. The highest BCUT2D eigenvalue weighted by Gasteiger charge is 2.18. The Morgan fingerprint density at radius 3 is 2.30 bits per heavy atom. The van der Waals surface area contributed by atoms with Crippen LogP contribution in [0.3, 0.4) is 0 Å². The smallest absolute Gasteiger partial charge is 0.211 e. The minimum absolute atomic E-state index is 0.0691. The zero-order valence-electron chi connectivity index (χ0n) is 12.9. The average Bonchev–Trinajstić information content (AvgIpc) is 2.85. The van der Waals surface area contributed by atoms with Crippen molar-refractivity contribution in [1.82, 2.24) is 9.78 Å². The van der Waals surface area contributed by atoms with Gasteiger partial charge in [0.2, 0.25) is 5.78 Å². The maximum atomic E-state index is 12.8. The number of carbonyl (C=O) groups is 1. The predicted octanol–water partition coefficient (Wildman–Crippen LogP) is 3.62. The normalized spacial score (nSPS) is 10.8. The van der Waals surface area contributed by atoms with Gasteiger partial charge in [-0.25, -0.2) is 0 Å². The van der Waals surface area contributed by atoms with Crippen LogP contribution < -0.4 is 0 Å². The third kappa shape index (κ3) is 2.53. The number of carbonyl (C=O) groups excluding carboxylic acids is 1. The molecule has 0 fully saturated rings. The van der Waals surface area contributed by atoms with E-state index < -0.39 is 0 Å². The molecular formula is C17H22N2O. The van der Waals surface area contributed by atoms with E-state index in [4.69, 9.17) is 0 Å². The lowest BCUT2D eigenvalue weighted by Gasteiger charge is -2.09. The van der Waals surface area contributed by atoms with Crippen LogP contribution in [0.15, 0.2) is 18.2 Å². The Labute approximate surface area is 120 Å². The largest absolute Gasteiger partial charge is 0.287 e. The van der Waals surface area contributed by atoms with Gasteiger partial charge in [-0.15, -0.1) is 0 Å². The number of aromatic nitrogens is 2. The predicted molar refractivity (Wildman–Crippen MR) is 81.4 cm³/mol. The van der Waals surface area contributed by atoms with Crippen molar-refractivity contribution in [2.45, 2.75) is 47.6 Å². The van der Waals surface area contributed by atoms with Gasteiger partial charge < -0.3 is 0 Å². The molecular weight excluding hydrogens is 248 g/mol. The van der Waals surface area contributed by atoms with E-state index in [2.05, 4.69) is 25.0 Å². The molecule has 0 aliphatic heterocycles. The maximum Gasteiger partial charge on any atom is 0.211 e. The second-order valence-electron chi connectivity index (χ2n) is 5.27. The Morgan fingerprint density at radius 2 is 1.70 bits per heavy atom. The fourth-order valence-corrected chi connectivity index (χ4v) is 2.41. The second kappa shape index (κ2) is 5.61. The van der Waals surface area contributed by atoms with E-state index in [9.17, 15) is 4.79 Å². The number of rotatable bonds is 4. The molecule has 0 bridgehead atoms. The molecule has 1 aromatic carbocycles. The van der Waals surface area contributed by atoms with Crippen molar-refractivity contribution in [3.63, 3.8) is 0 Å². The lowest BCUT2D eigenvalue weighted by molar-refractivity contribution is 0.102. The Hall–Kier alpha value is -1.90. The number of hydrogen-bond acceptors (Lipinski definition) is 2. The molecule has 3 nitrogen and oxygen atoms in total. The van der Waals surface area contributed by atoms with Crippen LogP contribution in [0.1, 0.15) is 52.3 Å². The van der Waals surface area contributed by atoms with E-state index in [0.717, 1.165) is 28.8 Å². The van der Waals surface area contributed by atoms with E-state index in [1.807, 2.05) is 32.9 Å². The van der Waals surface area contributed by atoms with Gasteiger partial charge in [-0.3, -0.25) is 9.48 Å². The van der Waals surface area contributed by atoms with Crippen LogP contribution in [0.5, 0.6) is 0 Å². The molecule has 20 heavy (non-hydrogen) atoms. The molecule has 1 aromatic heterocycles. The van der Waals surface area contributed by atoms with Gasteiger partial charge in [-0.2, -0.15) is 5.10 Å². The highest BCUT2D eigenvalue weighted by Crippen LogP contribution is 2.19. The summed E-state index contributed by atoms with van der Waals surface area (Å²) in [6.45, 7) is 10.9. The van der Waals surface area contributed by atoms with E-state index in [-0.39, 0.29) is 5.78 Å². The molecule has 0 amide bonds. The van der Waals surface area contributed by atoms with Gasteiger partial charge in [0, 0.05) is 12.1 Å². The second-order valence-corrected chi connectivity index (χ2v) is 5.27. The molecule has 0 unspecified atom stereocenters. The van der Waals surface area contributed by atoms with Crippen LogP contribution >= 0.6 is 0 Å². The molecule has 0 spiro atoms. The third-order valence-corrected chi connectivity index (χ3v) is 3.81. The minimum Gasteiger partial charge on any atom is -0.287 e. The van der Waals surface area contributed by atoms with Crippen LogP contribution in [0.25, 0.3) is 0 Å². The zero-order chi connectivity index (χ0) is 14.9. The van der Waals surface area contributed by atoms with Crippen molar-refractivity contribution in [2.24, 2.45) is 0 Å². The molecule has 2 rings (SSSR count). The topological polar surface area (TPSA) is 34.9 Å². The van der Waals surface area contributed by atoms with Crippen molar-refractivity contribution in [2.75, 3.05) is 0 Å². The summed E-state index contributed by atoms with van der Waals surface area (Å²) in [4.78, 5) is 12.8. The number of aryl methyl sites for hydroxylation is 5. The van der Waals surface area contributed by atoms with Crippen LogP contribution in [0.4, 0.5) is 0 Å². The number of ketones is 1. The number of nitrogens with zero attached hydrogens (tertiary/aromatic N) is 2. The molecule has 0 atom stereocenters. The summed E-state index contributed by atoms with van der Waals surface area (Å²) in [6.07, 6.45) is 0.846. The molecule has 0 saturated carbocycles. The van der Waals surface area contributed by atoms with Gasteiger partial charge in [0.05, 0.1) is 5.69 Å². The average molecular weight is 270 g/mol. The molecule has 0 aliphatic rings. The summed E-state index contributed by atoms with van der Waals surface area (Å²) in [5, 5.41) is 4.46. The molecule has 0 radical (unpaired) electrons. The summed E-state index contributed by atoms with van der Waals surface area (Å²) < 4.78 is 1.80. The van der Waals surface area contributed by atoms with Crippen molar-refractivity contribution in [3.05, 3.63) is 51.8 Å². The van der Waals surface area contributed by atoms with Gasteiger partial charge in [0.15, 0.2) is 0 Å².